The standard InChI is InChI=1S/C11H19NOS/c1-9-4-6-10(7-5-9)8-14-11(13)12(2)3/h10H,1,4-8H2,2-3H3. The zero-order chi connectivity index (χ0) is 10.6. The Balaban J connectivity index is 2.19. The van der Waals surface area contributed by atoms with Crippen LogP contribution >= 0.6 is 11.8 Å². The van der Waals surface area contributed by atoms with Crippen LogP contribution in [0.5, 0.6) is 0 Å². The molecular weight excluding hydrogens is 194 g/mol. The van der Waals surface area contributed by atoms with Crippen LogP contribution in [0.4, 0.5) is 4.79 Å². The quantitative estimate of drug-likeness (QED) is 0.657. The van der Waals surface area contributed by atoms with Crippen LogP contribution in [-0.4, -0.2) is 30.0 Å². The molecule has 1 amide bonds. The van der Waals surface area contributed by atoms with Gasteiger partial charge in [0.25, 0.3) is 5.24 Å². The fourth-order valence-corrected chi connectivity index (χ4v) is 2.54. The van der Waals surface area contributed by atoms with Gasteiger partial charge in [-0.15, -0.1) is 0 Å². The summed E-state index contributed by atoms with van der Waals surface area (Å²) in [6.07, 6.45) is 4.74. The first kappa shape index (κ1) is 11.6. The maximum Gasteiger partial charge on any atom is 0.281 e. The van der Waals surface area contributed by atoms with Crippen molar-refractivity contribution in [3.8, 4) is 0 Å². The molecule has 14 heavy (non-hydrogen) atoms. The zero-order valence-electron chi connectivity index (χ0n) is 9.08. The number of hydrogen-bond acceptors (Lipinski definition) is 2. The predicted molar refractivity (Wildman–Crippen MR) is 62.6 cm³/mol. The molecule has 0 spiro atoms. The Kier molecular flexibility index (Phi) is 4.52. The smallest absolute Gasteiger partial charge is 0.281 e. The summed E-state index contributed by atoms with van der Waals surface area (Å²) in [4.78, 5) is 13.0. The van der Waals surface area contributed by atoms with Crippen molar-refractivity contribution in [1.29, 1.82) is 0 Å². The van der Waals surface area contributed by atoms with E-state index in [-0.39, 0.29) is 5.24 Å². The van der Waals surface area contributed by atoms with Crippen molar-refractivity contribution in [2.45, 2.75) is 25.7 Å². The first-order chi connectivity index (χ1) is 6.59. The molecule has 1 fully saturated rings. The number of carbonyl (C=O) groups is 1. The second kappa shape index (κ2) is 5.44. The Hall–Kier alpha value is -0.440. The molecule has 0 aromatic heterocycles. The lowest BCUT2D eigenvalue weighted by atomic mass is 9.88. The number of amides is 1. The van der Waals surface area contributed by atoms with Crippen molar-refractivity contribution >= 4 is 17.0 Å². The van der Waals surface area contributed by atoms with Gasteiger partial charge in [-0.2, -0.15) is 0 Å². The lowest BCUT2D eigenvalue weighted by Gasteiger charge is -2.23. The van der Waals surface area contributed by atoms with Crippen molar-refractivity contribution < 1.29 is 4.79 Å². The summed E-state index contributed by atoms with van der Waals surface area (Å²) in [5, 5.41) is 0.175. The van der Waals surface area contributed by atoms with Gasteiger partial charge in [-0.3, -0.25) is 4.79 Å². The van der Waals surface area contributed by atoms with Gasteiger partial charge in [0.1, 0.15) is 0 Å². The summed E-state index contributed by atoms with van der Waals surface area (Å²) in [5.41, 5.74) is 1.38. The number of rotatable bonds is 2. The van der Waals surface area contributed by atoms with Crippen LogP contribution in [0.15, 0.2) is 12.2 Å². The fourth-order valence-electron chi connectivity index (χ4n) is 1.57. The minimum Gasteiger partial charge on any atom is -0.340 e. The topological polar surface area (TPSA) is 20.3 Å². The number of allylic oxidation sites excluding steroid dienone is 1. The highest BCUT2D eigenvalue weighted by Gasteiger charge is 2.17. The van der Waals surface area contributed by atoms with Gasteiger partial charge >= 0.3 is 0 Å². The number of thioether (sulfide) groups is 1. The molecule has 0 radical (unpaired) electrons. The van der Waals surface area contributed by atoms with E-state index < -0.39 is 0 Å². The molecule has 0 saturated heterocycles. The van der Waals surface area contributed by atoms with E-state index in [0.29, 0.717) is 0 Å². The van der Waals surface area contributed by atoms with E-state index in [0.717, 1.165) is 24.5 Å². The Morgan fingerprint density at radius 2 is 2.07 bits per heavy atom. The molecule has 1 saturated carbocycles. The maximum atomic E-state index is 11.3. The summed E-state index contributed by atoms with van der Waals surface area (Å²) in [5.74, 6) is 1.69. The first-order valence-corrected chi connectivity index (χ1v) is 6.09. The Morgan fingerprint density at radius 3 is 2.57 bits per heavy atom. The average molecular weight is 213 g/mol. The van der Waals surface area contributed by atoms with Crippen LogP contribution in [0.3, 0.4) is 0 Å². The molecule has 0 N–H and O–H groups in total. The van der Waals surface area contributed by atoms with Crippen LogP contribution in [-0.2, 0) is 0 Å². The number of carbonyl (C=O) groups excluding carboxylic acids is 1. The Morgan fingerprint density at radius 1 is 1.50 bits per heavy atom. The SMILES string of the molecule is C=C1CCC(CSC(=O)N(C)C)CC1. The van der Waals surface area contributed by atoms with Crippen LogP contribution in [0.2, 0.25) is 0 Å². The van der Waals surface area contributed by atoms with Crippen molar-refractivity contribution in [2.24, 2.45) is 5.92 Å². The number of nitrogens with zero attached hydrogens (tertiary/aromatic N) is 1. The molecule has 1 aliphatic carbocycles. The molecule has 0 bridgehead atoms. The summed E-state index contributed by atoms with van der Waals surface area (Å²) < 4.78 is 0. The molecular formula is C11H19NOS. The highest BCUT2D eigenvalue weighted by Crippen LogP contribution is 2.29. The number of hydrogen-bond donors (Lipinski definition) is 0. The molecule has 1 rings (SSSR count). The van der Waals surface area contributed by atoms with Gasteiger partial charge < -0.3 is 4.90 Å². The van der Waals surface area contributed by atoms with Gasteiger partial charge in [-0.1, -0.05) is 23.9 Å². The monoisotopic (exact) mass is 213 g/mol. The molecule has 0 aromatic carbocycles. The van der Waals surface area contributed by atoms with E-state index in [1.165, 1.54) is 30.2 Å². The van der Waals surface area contributed by atoms with E-state index in [2.05, 4.69) is 6.58 Å². The third kappa shape index (κ3) is 3.74. The van der Waals surface area contributed by atoms with Gasteiger partial charge in [-0.05, 0) is 31.6 Å². The highest BCUT2D eigenvalue weighted by atomic mass is 32.2. The van der Waals surface area contributed by atoms with E-state index >= 15 is 0 Å². The van der Waals surface area contributed by atoms with Gasteiger partial charge in [0.15, 0.2) is 0 Å². The lowest BCUT2D eigenvalue weighted by molar-refractivity contribution is 0.241. The predicted octanol–water partition coefficient (Wildman–Crippen LogP) is 3.15. The molecule has 0 heterocycles. The lowest BCUT2D eigenvalue weighted by Crippen LogP contribution is -2.19. The van der Waals surface area contributed by atoms with Crippen molar-refractivity contribution in [3.63, 3.8) is 0 Å². The molecule has 0 aromatic rings. The van der Waals surface area contributed by atoms with Crippen LogP contribution in [0, 0.1) is 5.92 Å². The van der Waals surface area contributed by atoms with E-state index in [4.69, 9.17) is 0 Å². The normalized spacial score (nSPS) is 18.3. The summed E-state index contributed by atoms with van der Waals surface area (Å²) in [6, 6.07) is 0. The third-order valence-electron chi connectivity index (χ3n) is 2.62. The molecule has 80 valence electrons. The second-order valence-corrected chi connectivity index (χ2v) is 5.14. The van der Waals surface area contributed by atoms with E-state index in [1.54, 1.807) is 19.0 Å². The van der Waals surface area contributed by atoms with Crippen molar-refractivity contribution in [1.82, 2.24) is 4.90 Å². The zero-order valence-corrected chi connectivity index (χ0v) is 9.90. The van der Waals surface area contributed by atoms with Gasteiger partial charge in [0, 0.05) is 19.8 Å². The third-order valence-corrected chi connectivity index (χ3v) is 3.87. The van der Waals surface area contributed by atoms with Crippen molar-refractivity contribution in [3.05, 3.63) is 12.2 Å². The summed E-state index contributed by atoms with van der Waals surface area (Å²) >= 11 is 1.45. The highest BCUT2D eigenvalue weighted by molar-refractivity contribution is 8.13. The fraction of sp³-hybridized carbons (Fsp3) is 0.727. The van der Waals surface area contributed by atoms with Gasteiger partial charge in [-0.25, -0.2) is 0 Å². The largest absolute Gasteiger partial charge is 0.340 e. The molecule has 1 aliphatic rings. The average Bonchev–Trinajstić information content (AvgIpc) is 2.16. The molecule has 0 atom stereocenters. The van der Waals surface area contributed by atoms with Crippen LogP contribution in [0.1, 0.15) is 25.7 Å². The Labute approximate surface area is 90.7 Å². The minimum absolute atomic E-state index is 0.175. The second-order valence-electron chi connectivity index (χ2n) is 4.16. The molecule has 0 unspecified atom stereocenters. The van der Waals surface area contributed by atoms with Gasteiger partial charge in [0.2, 0.25) is 0 Å². The van der Waals surface area contributed by atoms with E-state index in [9.17, 15) is 4.79 Å². The van der Waals surface area contributed by atoms with E-state index in [1.807, 2.05) is 0 Å². The summed E-state index contributed by atoms with van der Waals surface area (Å²) in [6.45, 7) is 3.99. The van der Waals surface area contributed by atoms with Crippen molar-refractivity contribution in [2.75, 3.05) is 19.8 Å². The molecule has 0 aliphatic heterocycles. The first-order valence-electron chi connectivity index (χ1n) is 5.10. The molecule has 3 heteroatoms. The minimum atomic E-state index is 0.175. The maximum absolute atomic E-state index is 11.3. The van der Waals surface area contributed by atoms with Gasteiger partial charge in [0.05, 0.1) is 0 Å². The van der Waals surface area contributed by atoms with Crippen LogP contribution in [0.25, 0.3) is 0 Å². The summed E-state index contributed by atoms with van der Waals surface area (Å²) in [7, 11) is 3.61. The molecule has 2 nitrogen and oxygen atoms in total. The van der Waals surface area contributed by atoms with Crippen LogP contribution < -0.4 is 0 Å². The Bertz CT molecular complexity index is 215.